The quantitative estimate of drug-likeness (QED) is 0.354. The highest BCUT2D eigenvalue weighted by molar-refractivity contribution is 9.10. The number of carbonyl (C=O) groups is 1. The molecular weight excluding hydrogens is 494 g/mol. The molecule has 1 unspecified atom stereocenters. The molecule has 1 atom stereocenters. The van der Waals surface area contributed by atoms with Crippen molar-refractivity contribution >= 4 is 33.5 Å². The van der Waals surface area contributed by atoms with Crippen LogP contribution in [-0.4, -0.2) is 29.2 Å². The van der Waals surface area contributed by atoms with E-state index in [0.29, 0.717) is 16.3 Å². The van der Waals surface area contributed by atoms with Crippen molar-refractivity contribution in [2.75, 3.05) is 13.7 Å². The van der Waals surface area contributed by atoms with Gasteiger partial charge in [-0.05, 0) is 72.1 Å². The average Bonchev–Trinajstić information content (AvgIpc) is 3.13. The van der Waals surface area contributed by atoms with Gasteiger partial charge in [0, 0.05) is 17.6 Å². The minimum absolute atomic E-state index is 0.0626. The van der Waals surface area contributed by atoms with Gasteiger partial charge in [-0.1, -0.05) is 35.9 Å². The highest BCUT2D eigenvalue weighted by Crippen LogP contribution is 2.32. The lowest BCUT2D eigenvalue weighted by Crippen LogP contribution is -2.27. The topological polar surface area (TPSA) is 65.4 Å². The summed E-state index contributed by atoms with van der Waals surface area (Å²) in [5, 5.41) is 4.24. The molecular formula is C24H27BrClN3O3. The Bertz CT molecular complexity index is 1050. The van der Waals surface area contributed by atoms with E-state index in [0.717, 1.165) is 22.6 Å². The molecule has 3 aromatic rings. The number of hydrogen-bond acceptors (Lipinski definition) is 5. The van der Waals surface area contributed by atoms with Gasteiger partial charge in [-0.3, -0.25) is 0 Å². The molecule has 32 heavy (non-hydrogen) atoms. The lowest BCUT2D eigenvalue weighted by Gasteiger charge is -2.24. The summed E-state index contributed by atoms with van der Waals surface area (Å²) < 4.78 is 13.2. The van der Waals surface area contributed by atoms with Gasteiger partial charge in [-0.15, -0.1) is 0 Å². The van der Waals surface area contributed by atoms with Crippen molar-refractivity contribution in [3.8, 4) is 5.75 Å². The first-order valence-corrected chi connectivity index (χ1v) is 11.6. The minimum Gasteiger partial charge on any atom is -0.497 e. The van der Waals surface area contributed by atoms with E-state index < -0.39 is 5.97 Å². The standard InChI is InChI=1S/C24H27BrClN3O3/c1-5-32-23(30)21-22(29(15(2)3)24(25)28-21)20(17-8-10-18(26)11-9-17)27-14-16-6-12-19(31-4)13-7-16/h6-13,15,20,27H,5,14H2,1-4H3. The Morgan fingerprint density at radius 3 is 2.38 bits per heavy atom. The lowest BCUT2D eigenvalue weighted by molar-refractivity contribution is 0.0517. The van der Waals surface area contributed by atoms with E-state index in [1.807, 2.05) is 66.9 Å². The predicted molar refractivity (Wildman–Crippen MR) is 129 cm³/mol. The second-order valence-electron chi connectivity index (χ2n) is 7.51. The van der Waals surface area contributed by atoms with Gasteiger partial charge < -0.3 is 19.4 Å². The summed E-state index contributed by atoms with van der Waals surface area (Å²) in [7, 11) is 1.64. The molecule has 0 saturated carbocycles. The number of nitrogens with one attached hydrogen (secondary N) is 1. The zero-order chi connectivity index (χ0) is 23.3. The van der Waals surface area contributed by atoms with Crippen molar-refractivity contribution in [3.63, 3.8) is 0 Å². The monoisotopic (exact) mass is 519 g/mol. The number of methoxy groups -OCH3 is 1. The van der Waals surface area contributed by atoms with E-state index in [1.165, 1.54) is 0 Å². The number of benzene rings is 2. The predicted octanol–water partition coefficient (Wildman–Crippen LogP) is 5.94. The smallest absolute Gasteiger partial charge is 0.358 e. The number of halogens is 2. The average molecular weight is 521 g/mol. The first-order chi connectivity index (χ1) is 15.3. The SMILES string of the molecule is CCOC(=O)c1nc(Br)n(C(C)C)c1C(NCc1ccc(OC)cc1)c1ccc(Cl)cc1. The second kappa shape index (κ2) is 11.0. The van der Waals surface area contributed by atoms with Crippen LogP contribution in [0.5, 0.6) is 5.75 Å². The van der Waals surface area contributed by atoms with E-state index in [9.17, 15) is 4.79 Å². The molecule has 1 heterocycles. The Kier molecular flexibility index (Phi) is 8.34. The molecule has 0 fully saturated rings. The highest BCUT2D eigenvalue weighted by Gasteiger charge is 2.30. The molecule has 0 saturated heterocycles. The number of ether oxygens (including phenoxy) is 2. The third-order valence-corrected chi connectivity index (χ3v) is 5.85. The molecule has 0 aliphatic carbocycles. The molecule has 8 heteroatoms. The molecule has 0 spiro atoms. The highest BCUT2D eigenvalue weighted by atomic mass is 79.9. The molecule has 0 bridgehead atoms. The van der Waals surface area contributed by atoms with E-state index in [1.54, 1.807) is 14.0 Å². The van der Waals surface area contributed by atoms with Crippen LogP contribution in [0.3, 0.4) is 0 Å². The number of carbonyl (C=O) groups excluding carboxylic acids is 1. The summed E-state index contributed by atoms with van der Waals surface area (Å²) in [4.78, 5) is 17.3. The molecule has 1 aromatic heterocycles. The first-order valence-electron chi connectivity index (χ1n) is 10.4. The molecule has 0 aliphatic heterocycles. The summed E-state index contributed by atoms with van der Waals surface area (Å²) in [5.41, 5.74) is 3.07. The van der Waals surface area contributed by atoms with Crippen LogP contribution < -0.4 is 10.1 Å². The number of rotatable bonds is 9. The third kappa shape index (κ3) is 5.52. The van der Waals surface area contributed by atoms with E-state index in [4.69, 9.17) is 21.1 Å². The second-order valence-corrected chi connectivity index (χ2v) is 8.66. The zero-order valence-electron chi connectivity index (χ0n) is 18.6. The van der Waals surface area contributed by atoms with Gasteiger partial charge in [0.2, 0.25) is 0 Å². The van der Waals surface area contributed by atoms with E-state index in [2.05, 4.69) is 26.2 Å². The lowest BCUT2D eigenvalue weighted by atomic mass is 10.0. The Hall–Kier alpha value is -2.35. The van der Waals surface area contributed by atoms with Crippen molar-refractivity contribution in [2.45, 2.75) is 39.4 Å². The van der Waals surface area contributed by atoms with Gasteiger partial charge in [0.1, 0.15) is 5.75 Å². The fourth-order valence-electron chi connectivity index (χ4n) is 3.52. The van der Waals surface area contributed by atoms with Crippen LogP contribution in [0, 0.1) is 0 Å². The molecule has 1 N–H and O–H groups in total. The third-order valence-electron chi connectivity index (χ3n) is 5.04. The summed E-state index contributed by atoms with van der Waals surface area (Å²) in [6, 6.07) is 15.2. The normalized spacial score (nSPS) is 12.1. The van der Waals surface area contributed by atoms with Gasteiger partial charge >= 0.3 is 5.97 Å². The Morgan fingerprint density at radius 1 is 1.16 bits per heavy atom. The largest absolute Gasteiger partial charge is 0.497 e. The molecule has 2 aromatic carbocycles. The summed E-state index contributed by atoms with van der Waals surface area (Å²) >= 11 is 9.67. The maximum absolute atomic E-state index is 12.8. The number of esters is 1. The summed E-state index contributed by atoms with van der Waals surface area (Å²) in [6.07, 6.45) is 0. The van der Waals surface area contributed by atoms with Crippen LogP contribution >= 0.6 is 27.5 Å². The van der Waals surface area contributed by atoms with Crippen LogP contribution in [-0.2, 0) is 11.3 Å². The van der Waals surface area contributed by atoms with Crippen LogP contribution in [0.25, 0.3) is 0 Å². The van der Waals surface area contributed by atoms with Crippen LogP contribution in [0.2, 0.25) is 5.02 Å². The van der Waals surface area contributed by atoms with Gasteiger partial charge in [0.15, 0.2) is 10.4 Å². The molecule has 6 nitrogen and oxygen atoms in total. The van der Waals surface area contributed by atoms with Crippen LogP contribution in [0.1, 0.15) is 60.2 Å². The summed E-state index contributed by atoms with van der Waals surface area (Å²) in [5.74, 6) is 0.349. The maximum Gasteiger partial charge on any atom is 0.358 e. The number of aromatic nitrogens is 2. The fraction of sp³-hybridized carbons (Fsp3) is 0.333. The number of hydrogen-bond donors (Lipinski definition) is 1. The maximum atomic E-state index is 12.8. The number of nitrogens with zero attached hydrogens (tertiary/aromatic N) is 2. The van der Waals surface area contributed by atoms with Gasteiger partial charge in [-0.25, -0.2) is 9.78 Å². The molecule has 0 amide bonds. The van der Waals surface area contributed by atoms with Crippen molar-refractivity contribution in [1.29, 1.82) is 0 Å². The molecule has 0 radical (unpaired) electrons. The van der Waals surface area contributed by atoms with E-state index >= 15 is 0 Å². The van der Waals surface area contributed by atoms with Crippen LogP contribution in [0.15, 0.2) is 53.3 Å². The van der Waals surface area contributed by atoms with E-state index in [-0.39, 0.29) is 24.4 Å². The molecule has 170 valence electrons. The van der Waals surface area contributed by atoms with Crippen molar-refractivity contribution in [3.05, 3.63) is 80.8 Å². The van der Waals surface area contributed by atoms with Gasteiger partial charge in [-0.2, -0.15) is 0 Å². The van der Waals surface area contributed by atoms with Gasteiger partial charge in [0.25, 0.3) is 0 Å². The number of imidazole rings is 1. The zero-order valence-corrected chi connectivity index (χ0v) is 20.9. The fourth-order valence-corrected chi connectivity index (χ4v) is 4.43. The Labute approximate surface area is 202 Å². The molecule has 0 aliphatic rings. The minimum atomic E-state index is -0.451. The first kappa shape index (κ1) is 24.3. The van der Waals surface area contributed by atoms with Crippen LogP contribution in [0.4, 0.5) is 0 Å². The van der Waals surface area contributed by atoms with Gasteiger partial charge in [0.05, 0.1) is 25.5 Å². The van der Waals surface area contributed by atoms with Crippen molar-refractivity contribution in [2.24, 2.45) is 0 Å². The Balaban J connectivity index is 2.07. The summed E-state index contributed by atoms with van der Waals surface area (Å²) in [6.45, 7) is 6.72. The van der Waals surface area contributed by atoms with Crippen molar-refractivity contribution in [1.82, 2.24) is 14.9 Å². The molecule has 3 rings (SSSR count). The Morgan fingerprint density at radius 2 is 1.81 bits per heavy atom. The van der Waals surface area contributed by atoms with Crippen molar-refractivity contribution < 1.29 is 14.3 Å².